The summed E-state index contributed by atoms with van der Waals surface area (Å²) in [5, 5.41) is 3.48. The molecule has 2 aromatic carbocycles. The van der Waals surface area contributed by atoms with E-state index < -0.39 is 0 Å². The first-order chi connectivity index (χ1) is 11.3. The van der Waals surface area contributed by atoms with Crippen molar-refractivity contribution < 1.29 is 9.59 Å². The van der Waals surface area contributed by atoms with Gasteiger partial charge in [-0.05, 0) is 54.8 Å². The summed E-state index contributed by atoms with van der Waals surface area (Å²) < 4.78 is 0. The van der Waals surface area contributed by atoms with Crippen molar-refractivity contribution in [3.8, 4) is 0 Å². The predicted octanol–water partition coefficient (Wildman–Crippen LogP) is 3.63. The first-order valence-corrected chi connectivity index (χ1v) is 8.10. The number of aryl methyl sites for hydroxylation is 2. The van der Waals surface area contributed by atoms with Crippen LogP contribution < -0.4 is 10.2 Å². The number of nitrogens with one attached hydrogen (secondary N) is 1. The maximum absolute atomic E-state index is 12.2. The minimum atomic E-state index is -0.209. The van der Waals surface area contributed by atoms with Crippen LogP contribution in [-0.2, 0) is 16.1 Å². The average Bonchev–Trinajstić information content (AvgIpc) is 2.50. The Labute approximate surface area is 147 Å². The molecule has 0 unspecified atom stereocenters. The van der Waals surface area contributed by atoms with Crippen LogP contribution in [-0.4, -0.2) is 18.4 Å². The highest BCUT2D eigenvalue weighted by molar-refractivity contribution is 6.30. The second-order valence-electron chi connectivity index (χ2n) is 5.85. The van der Waals surface area contributed by atoms with Gasteiger partial charge in [0.2, 0.25) is 11.8 Å². The second-order valence-corrected chi connectivity index (χ2v) is 6.29. The van der Waals surface area contributed by atoms with Gasteiger partial charge in [-0.3, -0.25) is 9.59 Å². The normalized spacial score (nSPS) is 10.3. The minimum Gasteiger partial charge on any atom is -0.350 e. The molecule has 0 bridgehead atoms. The van der Waals surface area contributed by atoms with Crippen LogP contribution in [0.4, 0.5) is 5.69 Å². The molecule has 126 valence electrons. The van der Waals surface area contributed by atoms with Crippen molar-refractivity contribution in [1.29, 1.82) is 0 Å². The maximum atomic E-state index is 12.2. The molecule has 0 saturated heterocycles. The summed E-state index contributed by atoms with van der Waals surface area (Å²) in [6, 6.07) is 13.1. The van der Waals surface area contributed by atoms with Gasteiger partial charge in [0.25, 0.3) is 0 Å². The molecule has 2 aromatic rings. The van der Waals surface area contributed by atoms with Crippen LogP contribution in [0.25, 0.3) is 0 Å². The predicted molar refractivity (Wildman–Crippen MR) is 97.2 cm³/mol. The van der Waals surface area contributed by atoms with E-state index in [2.05, 4.69) is 5.32 Å². The molecule has 0 spiro atoms. The molecule has 0 aliphatic rings. The summed E-state index contributed by atoms with van der Waals surface area (Å²) in [5.74, 6) is -0.374. The largest absolute Gasteiger partial charge is 0.350 e. The summed E-state index contributed by atoms with van der Waals surface area (Å²) in [6.07, 6.45) is 0. The molecule has 24 heavy (non-hydrogen) atoms. The van der Waals surface area contributed by atoms with Crippen LogP contribution in [0.15, 0.2) is 42.5 Å². The lowest BCUT2D eigenvalue weighted by atomic mass is 10.1. The molecule has 0 radical (unpaired) electrons. The Morgan fingerprint density at radius 2 is 1.62 bits per heavy atom. The highest BCUT2D eigenvalue weighted by atomic mass is 35.5. The zero-order valence-corrected chi connectivity index (χ0v) is 14.9. The van der Waals surface area contributed by atoms with Gasteiger partial charge in [-0.25, -0.2) is 0 Å². The van der Waals surface area contributed by atoms with Gasteiger partial charge in [0, 0.05) is 24.2 Å². The summed E-state index contributed by atoms with van der Waals surface area (Å²) in [6.45, 7) is 5.79. The fourth-order valence-corrected chi connectivity index (χ4v) is 2.62. The molecule has 0 aliphatic heterocycles. The van der Waals surface area contributed by atoms with Crippen molar-refractivity contribution in [2.75, 3.05) is 11.4 Å². The number of rotatable bonds is 5. The lowest BCUT2D eigenvalue weighted by Gasteiger charge is -2.21. The standard InChI is InChI=1S/C19H21ClN2O2/c1-13-8-14(2)10-18(9-13)22(15(3)23)12-19(24)21-11-16-4-6-17(20)7-5-16/h4-10H,11-12H2,1-3H3,(H,21,24). The number of anilines is 1. The van der Waals surface area contributed by atoms with Crippen molar-refractivity contribution in [1.82, 2.24) is 5.32 Å². The summed E-state index contributed by atoms with van der Waals surface area (Å²) in [7, 11) is 0. The van der Waals surface area contributed by atoms with Crippen LogP contribution in [0.2, 0.25) is 5.02 Å². The van der Waals surface area contributed by atoms with E-state index in [0.29, 0.717) is 11.6 Å². The monoisotopic (exact) mass is 344 g/mol. The van der Waals surface area contributed by atoms with E-state index in [1.54, 1.807) is 12.1 Å². The van der Waals surface area contributed by atoms with Crippen molar-refractivity contribution in [2.45, 2.75) is 27.3 Å². The lowest BCUT2D eigenvalue weighted by molar-refractivity contribution is -0.123. The fraction of sp³-hybridized carbons (Fsp3) is 0.263. The zero-order valence-electron chi connectivity index (χ0n) is 14.1. The fourth-order valence-electron chi connectivity index (χ4n) is 2.49. The molecular weight excluding hydrogens is 324 g/mol. The Balaban J connectivity index is 2.03. The second kappa shape index (κ2) is 7.97. The molecule has 0 aromatic heterocycles. The topological polar surface area (TPSA) is 49.4 Å². The molecule has 5 heteroatoms. The molecule has 0 heterocycles. The number of nitrogens with zero attached hydrogens (tertiary/aromatic N) is 1. The number of halogens is 1. The summed E-state index contributed by atoms with van der Waals surface area (Å²) >= 11 is 5.84. The van der Waals surface area contributed by atoms with Gasteiger partial charge in [0.1, 0.15) is 6.54 Å². The Kier molecular flexibility index (Phi) is 5.99. The van der Waals surface area contributed by atoms with Gasteiger partial charge in [0.05, 0.1) is 0 Å². The molecule has 0 saturated carbocycles. The average molecular weight is 345 g/mol. The summed E-state index contributed by atoms with van der Waals surface area (Å²) in [4.78, 5) is 25.6. The van der Waals surface area contributed by atoms with E-state index in [1.165, 1.54) is 11.8 Å². The third kappa shape index (κ3) is 5.10. The molecule has 4 nitrogen and oxygen atoms in total. The van der Waals surface area contributed by atoms with Crippen LogP contribution in [0.5, 0.6) is 0 Å². The molecule has 0 fully saturated rings. The van der Waals surface area contributed by atoms with Crippen LogP contribution in [0, 0.1) is 13.8 Å². The first-order valence-electron chi connectivity index (χ1n) is 7.72. The van der Waals surface area contributed by atoms with E-state index >= 15 is 0 Å². The Morgan fingerprint density at radius 1 is 1.04 bits per heavy atom. The number of hydrogen-bond donors (Lipinski definition) is 1. The lowest BCUT2D eigenvalue weighted by Crippen LogP contribution is -2.39. The molecular formula is C19H21ClN2O2. The van der Waals surface area contributed by atoms with Crippen molar-refractivity contribution in [3.63, 3.8) is 0 Å². The van der Waals surface area contributed by atoms with Crippen molar-refractivity contribution >= 4 is 29.1 Å². The van der Waals surface area contributed by atoms with Gasteiger partial charge in [-0.1, -0.05) is 29.8 Å². The highest BCUT2D eigenvalue weighted by Crippen LogP contribution is 2.19. The number of benzene rings is 2. The number of carbonyl (C=O) groups excluding carboxylic acids is 2. The molecule has 2 rings (SSSR count). The molecule has 0 aliphatic carbocycles. The SMILES string of the molecule is CC(=O)N(CC(=O)NCc1ccc(Cl)cc1)c1cc(C)cc(C)c1. The Bertz CT molecular complexity index is 721. The third-order valence-corrected chi connectivity index (χ3v) is 3.85. The van der Waals surface area contributed by atoms with Gasteiger partial charge < -0.3 is 10.2 Å². The molecule has 0 atom stereocenters. The van der Waals surface area contributed by atoms with E-state index in [1.807, 2.05) is 44.2 Å². The van der Waals surface area contributed by atoms with Gasteiger partial charge in [0.15, 0.2) is 0 Å². The van der Waals surface area contributed by atoms with E-state index in [9.17, 15) is 9.59 Å². The third-order valence-electron chi connectivity index (χ3n) is 3.60. The molecule has 1 N–H and O–H groups in total. The van der Waals surface area contributed by atoms with Gasteiger partial charge in [-0.15, -0.1) is 0 Å². The Morgan fingerprint density at radius 3 is 2.17 bits per heavy atom. The van der Waals surface area contributed by atoms with E-state index in [4.69, 9.17) is 11.6 Å². The van der Waals surface area contributed by atoms with E-state index in [0.717, 1.165) is 22.4 Å². The molecule has 2 amide bonds. The van der Waals surface area contributed by atoms with Crippen LogP contribution >= 0.6 is 11.6 Å². The van der Waals surface area contributed by atoms with Crippen molar-refractivity contribution in [3.05, 3.63) is 64.2 Å². The smallest absolute Gasteiger partial charge is 0.240 e. The van der Waals surface area contributed by atoms with Gasteiger partial charge in [-0.2, -0.15) is 0 Å². The quantitative estimate of drug-likeness (QED) is 0.900. The summed E-state index contributed by atoms with van der Waals surface area (Å²) in [5.41, 5.74) is 3.80. The van der Waals surface area contributed by atoms with Crippen molar-refractivity contribution in [2.24, 2.45) is 0 Å². The minimum absolute atomic E-state index is 0.00812. The van der Waals surface area contributed by atoms with Crippen LogP contribution in [0.3, 0.4) is 0 Å². The first kappa shape index (κ1) is 18.0. The Hall–Kier alpha value is -2.33. The highest BCUT2D eigenvalue weighted by Gasteiger charge is 2.16. The number of hydrogen-bond acceptors (Lipinski definition) is 2. The maximum Gasteiger partial charge on any atom is 0.240 e. The number of carbonyl (C=O) groups is 2. The van der Waals surface area contributed by atoms with E-state index in [-0.39, 0.29) is 18.4 Å². The zero-order chi connectivity index (χ0) is 17.7. The van der Waals surface area contributed by atoms with Crippen LogP contribution in [0.1, 0.15) is 23.6 Å². The van der Waals surface area contributed by atoms with Gasteiger partial charge >= 0.3 is 0 Å². The number of amides is 2.